The van der Waals surface area contributed by atoms with E-state index in [-0.39, 0.29) is 0 Å². The van der Waals surface area contributed by atoms with Gasteiger partial charge in [-0.2, -0.15) is 0 Å². The molecule has 0 bridgehead atoms. The van der Waals surface area contributed by atoms with Gasteiger partial charge in [0.1, 0.15) is 0 Å². The zero-order chi connectivity index (χ0) is 21.4. The average molecular weight is 437 g/mol. The predicted octanol–water partition coefficient (Wildman–Crippen LogP) is 8.85. The third-order valence-electron chi connectivity index (χ3n) is 9.66. The standard InChI is InChI=1S/C31H36Si/c1-3-20-18-28-24(22-12-13-22)8-5-10-26(28)30(20)32(16-7-17-32)31-21(4-2)19-29-25(23-14-15-23)9-6-11-27(29)31/h5-6,8-11,18-19,22-23,30-31H,3-4,7,12-17H2,1-2H3. The number of allylic oxidation sites excluding steroid dienone is 2. The van der Waals surface area contributed by atoms with Crippen molar-refractivity contribution in [1.29, 1.82) is 0 Å². The van der Waals surface area contributed by atoms with Gasteiger partial charge in [0.15, 0.2) is 0 Å². The Labute approximate surface area is 194 Å². The Morgan fingerprint density at radius 3 is 1.44 bits per heavy atom. The molecule has 2 aromatic carbocycles. The minimum Gasteiger partial charge on any atom is -0.0650 e. The van der Waals surface area contributed by atoms with Crippen molar-refractivity contribution in [1.82, 2.24) is 0 Å². The molecule has 1 saturated heterocycles. The molecule has 0 amide bonds. The molecule has 1 aliphatic heterocycles. The van der Waals surface area contributed by atoms with Crippen LogP contribution in [0.1, 0.15) is 115 Å². The summed E-state index contributed by atoms with van der Waals surface area (Å²) in [5, 5.41) is 0. The second kappa shape index (κ2) is 7.07. The summed E-state index contributed by atoms with van der Waals surface area (Å²) in [6.45, 7) is 4.85. The van der Waals surface area contributed by atoms with Crippen LogP contribution >= 0.6 is 0 Å². The fourth-order valence-electron chi connectivity index (χ4n) is 7.78. The highest BCUT2D eigenvalue weighted by atomic mass is 28.3. The Balaban J connectivity index is 1.39. The molecule has 0 N–H and O–H groups in total. The van der Waals surface area contributed by atoms with Crippen molar-refractivity contribution in [2.24, 2.45) is 0 Å². The van der Waals surface area contributed by atoms with Crippen molar-refractivity contribution in [2.45, 2.75) is 93.8 Å². The van der Waals surface area contributed by atoms with E-state index in [1.807, 2.05) is 0 Å². The maximum Gasteiger partial charge on any atom is 0.0781 e. The first-order valence-corrected chi connectivity index (χ1v) is 16.0. The summed E-state index contributed by atoms with van der Waals surface area (Å²) in [6.07, 6.45) is 14.9. The Hall–Kier alpha value is -1.86. The van der Waals surface area contributed by atoms with E-state index in [9.17, 15) is 0 Å². The maximum atomic E-state index is 2.67. The lowest BCUT2D eigenvalue weighted by atomic mass is 9.99. The van der Waals surface area contributed by atoms with Gasteiger partial charge in [-0.1, -0.05) is 92.1 Å². The largest absolute Gasteiger partial charge is 0.0781 e. The van der Waals surface area contributed by atoms with Gasteiger partial charge in [0.05, 0.1) is 8.07 Å². The minimum absolute atomic E-state index is 0.755. The summed E-state index contributed by atoms with van der Waals surface area (Å²) in [7, 11) is -1.56. The zero-order valence-electron chi connectivity index (χ0n) is 19.8. The van der Waals surface area contributed by atoms with Gasteiger partial charge in [0.2, 0.25) is 0 Å². The number of hydrogen-bond donors (Lipinski definition) is 0. The van der Waals surface area contributed by atoms with E-state index in [1.54, 1.807) is 44.5 Å². The highest BCUT2D eigenvalue weighted by Gasteiger charge is 2.57. The molecule has 0 aromatic heterocycles. The summed E-state index contributed by atoms with van der Waals surface area (Å²) in [5.74, 6) is 1.69. The van der Waals surface area contributed by atoms with Crippen molar-refractivity contribution < 1.29 is 0 Å². The van der Waals surface area contributed by atoms with E-state index in [0.29, 0.717) is 0 Å². The van der Waals surface area contributed by atoms with Crippen LogP contribution in [0.25, 0.3) is 12.2 Å². The molecule has 0 nitrogen and oxygen atoms in total. The van der Waals surface area contributed by atoms with Crippen LogP contribution in [0.15, 0.2) is 47.5 Å². The van der Waals surface area contributed by atoms with Crippen molar-refractivity contribution >= 4 is 20.2 Å². The molecule has 32 heavy (non-hydrogen) atoms. The Bertz CT molecular complexity index is 1070. The van der Waals surface area contributed by atoms with Crippen LogP contribution in [0.3, 0.4) is 0 Å². The van der Waals surface area contributed by atoms with Gasteiger partial charge in [-0.15, -0.1) is 0 Å². The predicted molar refractivity (Wildman–Crippen MR) is 139 cm³/mol. The zero-order valence-corrected chi connectivity index (χ0v) is 20.8. The SMILES string of the molecule is CCC1=Cc2c(C3CC3)cccc2C1[Si]1(C2C(CC)=Cc3c(C4CC4)cccc32)CCC1. The van der Waals surface area contributed by atoms with Gasteiger partial charge in [-0.3, -0.25) is 0 Å². The second-order valence-corrected chi connectivity index (χ2v) is 16.0. The van der Waals surface area contributed by atoms with Crippen molar-refractivity contribution in [3.8, 4) is 0 Å². The molecular weight excluding hydrogens is 400 g/mol. The molecule has 1 heterocycles. The molecular formula is C31H36Si. The first-order chi connectivity index (χ1) is 15.7. The quantitative estimate of drug-likeness (QED) is 0.397. The van der Waals surface area contributed by atoms with Crippen molar-refractivity contribution in [3.05, 3.63) is 80.9 Å². The smallest absolute Gasteiger partial charge is 0.0650 e. The van der Waals surface area contributed by atoms with Crippen LogP contribution in [0.4, 0.5) is 0 Å². The fourth-order valence-corrected chi connectivity index (χ4v) is 14.2. The molecule has 1 heteroatoms. The normalized spacial score (nSPS) is 27.4. The molecule has 7 rings (SSSR count). The molecule has 2 atom stereocenters. The van der Waals surface area contributed by atoms with E-state index in [2.05, 4.69) is 62.4 Å². The van der Waals surface area contributed by atoms with Gasteiger partial charge in [-0.05, 0) is 83.7 Å². The number of rotatable bonds is 6. The third-order valence-corrected chi connectivity index (χ3v) is 15.9. The number of hydrogen-bond acceptors (Lipinski definition) is 0. The van der Waals surface area contributed by atoms with Gasteiger partial charge in [0, 0.05) is 11.1 Å². The molecule has 0 radical (unpaired) electrons. The Morgan fingerprint density at radius 1 is 0.656 bits per heavy atom. The second-order valence-electron chi connectivity index (χ2n) is 11.3. The number of fused-ring (bicyclic) bond motifs is 2. The fraction of sp³-hybridized carbons (Fsp3) is 0.484. The van der Waals surface area contributed by atoms with Crippen LogP contribution in [0.2, 0.25) is 12.1 Å². The minimum atomic E-state index is -1.56. The van der Waals surface area contributed by atoms with Crippen LogP contribution < -0.4 is 0 Å². The molecule has 2 saturated carbocycles. The summed E-state index contributed by atoms with van der Waals surface area (Å²) >= 11 is 0. The van der Waals surface area contributed by atoms with Gasteiger partial charge in [0.25, 0.3) is 0 Å². The topological polar surface area (TPSA) is 0 Å². The van der Waals surface area contributed by atoms with Crippen LogP contribution in [-0.4, -0.2) is 8.07 Å². The van der Waals surface area contributed by atoms with E-state index in [4.69, 9.17) is 0 Å². The third kappa shape index (κ3) is 2.67. The lowest BCUT2D eigenvalue weighted by Gasteiger charge is -2.51. The van der Waals surface area contributed by atoms with Gasteiger partial charge < -0.3 is 0 Å². The van der Waals surface area contributed by atoms with Gasteiger partial charge in [-0.25, -0.2) is 0 Å². The first-order valence-electron chi connectivity index (χ1n) is 13.4. The van der Waals surface area contributed by atoms with E-state index in [0.717, 1.165) is 22.9 Å². The van der Waals surface area contributed by atoms with E-state index >= 15 is 0 Å². The highest BCUT2D eigenvalue weighted by molar-refractivity contribution is 6.86. The van der Waals surface area contributed by atoms with E-state index in [1.165, 1.54) is 57.0 Å². The van der Waals surface area contributed by atoms with Gasteiger partial charge >= 0.3 is 0 Å². The molecule has 0 spiro atoms. The van der Waals surface area contributed by atoms with E-state index < -0.39 is 8.07 Å². The van der Waals surface area contributed by atoms with Crippen molar-refractivity contribution in [2.75, 3.05) is 0 Å². The molecule has 3 fully saturated rings. The van der Waals surface area contributed by atoms with Crippen LogP contribution in [-0.2, 0) is 0 Å². The first kappa shape index (κ1) is 19.6. The molecule has 2 unspecified atom stereocenters. The summed E-state index contributed by atoms with van der Waals surface area (Å²) in [5.41, 5.74) is 15.2. The molecule has 4 aliphatic carbocycles. The van der Waals surface area contributed by atoms with Crippen LogP contribution in [0, 0.1) is 0 Å². The summed E-state index contributed by atoms with van der Waals surface area (Å²) < 4.78 is 0. The Kier molecular flexibility index (Phi) is 4.33. The Morgan fingerprint density at radius 2 is 1.09 bits per heavy atom. The maximum absolute atomic E-state index is 2.67. The molecule has 2 aromatic rings. The van der Waals surface area contributed by atoms with Crippen LogP contribution in [0.5, 0.6) is 0 Å². The molecule has 5 aliphatic rings. The van der Waals surface area contributed by atoms with Crippen molar-refractivity contribution in [3.63, 3.8) is 0 Å². The number of benzene rings is 2. The summed E-state index contributed by atoms with van der Waals surface area (Å²) in [6, 6.07) is 17.8. The monoisotopic (exact) mass is 436 g/mol. The average Bonchev–Trinajstić information content (AvgIpc) is 3.72. The highest BCUT2D eigenvalue weighted by Crippen LogP contribution is 2.62. The molecule has 164 valence electrons. The lowest BCUT2D eigenvalue weighted by molar-refractivity contribution is 0.761. The lowest BCUT2D eigenvalue weighted by Crippen LogP contribution is -2.53. The summed E-state index contributed by atoms with van der Waals surface area (Å²) in [4.78, 5) is 0.